The van der Waals surface area contributed by atoms with Gasteiger partial charge in [0.05, 0.1) is 5.69 Å². The molecule has 0 fully saturated rings. The van der Waals surface area contributed by atoms with Crippen LogP contribution in [-0.4, -0.2) is 12.0 Å². The number of amides is 1. The molecule has 0 unspecified atom stereocenters. The minimum atomic E-state index is -0.682. The van der Waals surface area contributed by atoms with Crippen LogP contribution in [0.25, 0.3) is 0 Å². The fourth-order valence-electron chi connectivity index (χ4n) is 2.11. The minimum absolute atomic E-state index is 0.140. The van der Waals surface area contributed by atoms with Crippen molar-refractivity contribution in [3.8, 4) is 5.75 Å². The molecule has 0 saturated carbocycles. The molecule has 0 heterocycles. The topological polar surface area (TPSA) is 38.3 Å². The van der Waals surface area contributed by atoms with Gasteiger partial charge in [-0.1, -0.05) is 35.0 Å². The van der Waals surface area contributed by atoms with Crippen LogP contribution in [-0.2, 0) is 4.79 Å². The first-order chi connectivity index (χ1) is 10.9. The highest BCUT2D eigenvalue weighted by atomic mass is 79.9. The maximum Gasteiger partial charge on any atom is 0.265 e. The third-order valence-electron chi connectivity index (χ3n) is 3.47. The van der Waals surface area contributed by atoms with Crippen molar-refractivity contribution in [2.45, 2.75) is 33.3 Å². The first kappa shape index (κ1) is 17.5. The maximum atomic E-state index is 13.8. The van der Waals surface area contributed by atoms with Crippen molar-refractivity contribution in [1.82, 2.24) is 0 Å². The molecule has 2 aromatic rings. The summed E-state index contributed by atoms with van der Waals surface area (Å²) in [7, 11) is 0. The molecule has 1 N–H and O–H groups in total. The third kappa shape index (κ3) is 4.55. The summed E-state index contributed by atoms with van der Waals surface area (Å²) in [6.07, 6.45) is -0.198. The zero-order valence-corrected chi connectivity index (χ0v) is 14.9. The lowest BCUT2D eigenvalue weighted by Gasteiger charge is -2.19. The lowest BCUT2D eigenvalue weighted by molar-refractivity contribution is -0.122. The number of rotatable bonds is 5. The lowest BCUT2D eigenvalue weighted by atomic mass is 10.1. The Labute approximate surface area is 144 Å². The van der Waals surface area contributed by atoms with Crippen LogP contribution in [0, 0.1) is 19.7 Å². The quantitative estimate of drug-likeness (QED) is 0.793. The van der Waals surface area contributed by atoms with Crippen LogP contribution in [0.4, 0.5) is 10.1 Å². The van der Waals surface area contributed by atoms with Gasteiger partial charge in [0.1, 0.15) is 11.6 Å². The van der Waals surface area contributed by atoms with Crippen molar-refractivity contribution < 1.29 is 13.9 Å². The summed E-state index contributed by atoms with van der Waals surface area (Å²) >= 11 is 3.19. The van der Waals surface area contributed by atoms with Gasteiger partial charge in [-0.2, -0.15) is 0 Å². The number of nitrogens with one attached hydrogen (secondary N) is 1. The molecule has 122 valence electrons. The van der Waals surface area contributed by atoms with Crippen LogP contribution in [0.3, 0.4) is 0 Å². The summed E-state index contributed by atoms with van der Waals surface area (Å²) in [5, 5.41) is 2.58. The molecule has 5 heteroatoms. The molecule has 0 saturated heterocycles. The Hall–Kier alpha value is -1.88. The van der Waals surface area contributed by atoms with E-state index in [-0.39, 0.29) is 11.6 Å². The number of carbonyl (C=O) groups excluding carboxylic acids is 1. The van der Waals surface area contributed by atoms with Crippen LogP contribution in [0.15, 0.2) is 40.9 Å². The molecule has 0 aliphatic carbocycles. The molecule has 0 aliphatic heterocycles. The molecular formula is C18H19BrFNO2. The average Bonchev–Trinajstić information content (AvgIpc) is 2.50. The minimum Gasteiger partial charge on any atom is -0.480 e. The zero-order valence-electron chi connectivity index (χ0n) is 13.3. The van der Waals surface area contributed by atoms with Gasteiger partial charge in [0.25, 0.3) is 5.91 Å². The van der Waals surface area contributed by atoms with Gasteiger partial charge in [0.2, 0.25) is 0 Å². The normalized spacial score (nSPS) is 11.9. The summed E-state index contributed by atoms with van der Waals surface area (Å²) in [5.41, 5.74) is 2.15. The summed E-state index contributed by atoms with van der Waals surface area (Å²) in [6.45, 7) is 5.74. The van der Waals surface area contributed by atoms with Gasteiger partial charge in [0, 0.05) is 4.47 Å². The Kier molecular flexibility index (Phi) is 5.77. The highest BCUT2D eigenvalue weighted by Crippen LogP contribution is 2.23. The first-order valence-electron chi connectivity index (χ1n) is 7.40. The highest BCUT2D eigenvalue weighted by Gasteiger charge is 2.20. The van der Waals surface area contributed by atoms with Gasteiger partial charge >= 0.3 is 0 Å². The molecule has 0 aromatic heterocycles. The number of hydrogen-bond acceptors (Lipinski definition) is 2. The molecule has 1 atom stereocenters. The summed E-state index contributed by atoms with van der Waals surface area (Å²) in [5.74, 6) is -0.188. The van der Waals surface area contributed by atoms with Crippen molar-refractivity contribution in [2.75, 3.05) is 5.32 Å². The molecule has 0 spiro atoms. The van der Waals surface area contributed by atoms with E-state index >= 15 is 0 Å². The fourth-order valence-corrected chi connectivity index (χ4v) is 2.45. The second kappa shape index (κ2) is 7.59. The van der Waals surface area contributed by atoms with Crippen LogP contribution in [0.5, 0.6) is 5.75 Å². The molecule has 3 nitrogen and oxygen atoms in total. The number of hydrogen-bond donors (Lipinski definition) is 1. The third-order valence-corrected chi connectivity index (χ3v) is 3.96. The molecule has 2 rings (SSSR count). The number of carbonyl (C=O) groups is 1. The van der Waals surface area contributed by atoms with E-state index in [0.29, 0.717) is 16.6 Å². The molecule has 1 amide bonds. The van der Waals surface area contributed by atoms with Gasteiger partial charge in [-0.3, -0.25) is 4.79 Å². The van der Waals surface area contributed by atoms with Crippen LogP contribution in [0.1, 0.15) is 24.5 Å². The number of ether oxygens (including phenoxy) is 1. The molecule has 23 heavy (non-hydrogen) atoms. The summed E-state index contributed by atoms with van der Waals surface area (Å²) < 4.78 is 20.3. The number of aryl methyl sites for hydroxylation is 2. The Morgan fingerprint density at radius 1 is 1.26 bits per heavy atom. The van der Waals surface area contributed by atoms with Crippen molar-refractivity contribution >= 4 is 27.5 Å². The average molecular weight is 380 g/mol. The van der Waals surface area contributed by atoms with Gasteiger partial charge in [-0.15, -0.1) is 0 Å². The largest absolute Gasteiger partial charge is 0.480 e. The van der Waals surface area contributed by atoms with Crippen molar-refractivity contribution in [3.05, 3.63) is 57.8 Å². The Morgan fingerprint density at radius 3 is 2.65 bits per heavy atom. The van der Waals surface area contributed by atoms with Crippen molar-refractivity contribution in [1.29, 1.82) is 0 Å². The van der Waals surface area contributed by atoms with E-state index in [9.17, 15) is 9.18 Å². The van der Waals surface area contributed by atoms with E-state index in [1.54, 1.807) is 6.07 Å². The van der Waals surface area contributed by atoms with Crippen LogP contribution in [0.2, 0.25) is 0 Å². The zero-order chi connectivity index (χ0) is 17.0. The second-order valence-corrected chi connectivity index (χ2v) is 6.31. The monoisotopic (exact) mass is 379 g/mol. The summed E-state index contributed by atoms with van der Waals surface area (Å²) in [6, 6.07) is 10.3. The molecule has 0 aliphatic rings. The van der Waals surface area contributed by atoms with Gasteiger partial charge < -0.3 is 10.1 Å². The van der Waals surface area contributed by atoms with Crippen LogP contribution >= 0.6 is 15.9 Å². The van der Waals surface area contributed by atoms with Crippen molar-refractivity contribution in [2.24, 2.45) is 0 Å². The Balaban J connectivity index is 2.13. The summed E-state index contributed by atoms with van der Waals surface area (Å²) in [4.78, 5) is 12.4. The van der Waals surface area contributed by atoms with Crippen LogP contribution < -0.4 is 10.1 Å². The lowest BCUT2D eigenvalue weighted by Crippen LogP contribution is -2.32. The Bertz CT molecular complexity index is 718. The number of benzene rings is 2. The predicted octanol–water partition coefficient (Wildman–Crippen LogP) is 5.00. The van der Waals surface area contributed by atoms with E-state index in [1.807, 2.05) is 39.0 Å². The number of anilines is 1. The predicted molar refractivity (Wildman–Crippen MR) is 93.4 cm³/mol. The van der Waals surface area contributed by atoms with Gasteiger partial charge in [-0.05, 0) is 55.7 Å². The van der Waals surface area contributed by atoms with E-state index in [0.717, 1.165) is 11.1 Å². The van der Waals surface area contributed by atoms with E-state index in [4.69, 9.17) is 4.74 Å². The maximum absolute atomic E-state index is 13.8. The molecular weight excluding hydrogens is 361 g/mol. The fraction of sp³-hybridized carbons (Fsp3) is 0.278. The molecule has 0 bridgehead atoms. The SMILES string of the molecule is CC[C@@H](Oc1cc(C)ccc1C)C(=O)Nc1ccc(Br)cc1F. The van der Waals surface area contributed by atoms with E-state index in [1.165, 1.54) is 12.1 Å². The van der Waals surface area contributed by atoms with E-state index in [2.05, 4.69) is 21.2 Å². The molecule has 2 aromatic carbocycles. The standard InChI is InChI=1S/C18H19BrFNO2/c1-4-16(23-17-9-11(2)5-6-12(17)3)18(22)21-15-8-7-13(19)10-14(15)20/h5-10,16H,4H2,1-3H3,(H,21,22)/t16-/m1/s1. The smallest absolute Gasteiger partial charge is 0.265 e. The number of halogens is 2. The van der Waals surface area contributed by atoms with E-state index < -0.39 is 11.9 Å². The Morgan fingerprint density at radius 2 is 2.00 bits per heavy atom. The van der Waals surface area contributed by atoms with Gasteiger partial charge in [-0.25, -0.2) is 4.39 Å². The highest BCUT2D eigenvalue weighted by molar-refractivity contribution is 9.10. The van der Waals surface area contributed by atoms with Crippen molar-refractivity contribution in [3.63, 3.8) is 0 Å². The second-order valence-electron chi connectivity index (χ2n) is 5.40. The van der Waals surface area contributed by atoms with Gasteiger partial charge in [0.15, 0.2) is 6.10 Å². The first-order valence-corrected chi connectivity index (χ1v) is 8.20. The molecule has 0 radical (unpaired) electrons.